The molecule has 1 heterocycles. The van der Waals surface area contributed by atoms with Gasteiger partial charge in [0, 0.05) is 45.1 Å². The molecule has 1 aromatic heterocycles. The van der Waals surface area contributed by atoms with Crippen LogP contribution in [0.25, 0.3) is 0 Å². The fourth-order valence-electron chi connectivity index (χ4n) is 1.89. The van der Waals surface area contributed by atoms with E-state index in [9.17, 15) is 5.11 Å². The van der Waals surface area contributed by atoms with Crippen LogP contribution in [0, 0.1) is 0 Å². The van der Waals surface area contributed by atoms with Crippen LogP contribution in [0.4, 0.5) is 0 Å². The molecule has 0 spiro atoms. The molecule has 0 amide bonds. The second-order valence-corrected chi connectivity index (χ2v) is 5.35. The average molecular weight is 311 g/mol. The van der Waals surface area contributed by atoms with Crippen LogP contribution < -0.4 is 10.6 Å². The SMILES string of the molecule is CCNC(=NCC(C)(O)c1cnn(C)c1)NCCCOCC. The molecule has 0 aromatic carbocycles. The first-order chi connectivity index (χ1) is 10.5. The Labute approximate surface area is 132 Å². The van der Waals surface area contributed by atoms with Gasteiger partial charge in [0.2, 0.25) is 0 Å². The van der Waals surface area contributed by atoms with Crippen LogP contribution >= 0.6 is 0 Å². The monoisotopic (exact) mass is 311 g/mol. The van der Waals surface area contributed by atoms with Gasteiger partial charge in [-0.25, -0.2) is 4.99 Å². The number of hydrogen-bond acceptors (Lipinski definition) is 4. The number of guanidine groups is 1. The molecule has 0 aliphatic rings. The summed E-state index contributed by atoms with van der Waals surface area (Å²) in [4.78, 5) is 4.46. The van der Waals surface area contributed by atoms with Crippen molar-refractivity contribution in [3.05, 3.63) is 18.0 Å². The normalized spacial score (nSPS) is 14.7. The number of aliphatic hydroxyl groups is 1. The minimum absolute atomic E-state index is 0.263. The van der Waals surface area contributed by atoms with E-state index in [0.29, 0.717) is 5.96 Å². The highest BCUT2D eigenvalue weighted by molar-refractivity contribution is 5.79. The van der Waals surface area contributed by atoms with Crippen LogP contribution in [-0.2, 0) is 17.4 Å². The van der Waals surface area contributed by atoms with Crippen molar-refractivity contribution in [3.63, 3.8) is 0 Å². The van der Waals surface area contributed by atoms with Crippen LogP contribution in [-0.4, -0.2) is 53.7 Å². The molecule has 1 rings (SSSR count). The molecule has 7 nitrogen and oxygen atoms in total. The van der Waals surface area contributed by atoms with Gasteiger partial charge >= 0.3 is 0 Å². The Morgan fingerprint density at radius 1 is 1.45 bits per heavy atom. The fourth-order valence-corrected chi connectivity index (χ4v) is 1.89. The zero-order valence-electron chi connectivity index (χ0n) is 14.1. The van der Waals surface area contributed by atoms with Crippen molar-refractivity contribution in [2.24, 2.45) is 12.0 Å². The van der Waals surface area contributed by atoms with E-state index in [1.165, 1.54) is 0 Å². The number of hydrogen-bond donors (Lipinski definition) is 3. The maximum atomic E-state index is 10.5. The van der Waals surface area contributed by atoms with Gasteiger partial charge in [0.05, 0.1) is 12.7 Å². The van der Waals surface area contributed by atoms with Crippen molar-refractivity contribution in [2.75, 3.05) is 32.8 Å². The van der Waals surface area contributed by atoms with Gasteiger partial charge in [-0.3, -0.25) is 4.68 Å². The molecule has 0 saturated heterocycles. The molecule has 3 N–H and O–H groups in total. The summed E-state index contributed by atoms with van der Waals surface area (Å²) in [6, 6.07) is 0. The minimum Gasteiger partial charge on any atom is -0.383 e. The first-order valence-corrected chi connectivity index (χ1v) is 7.81. The van der Waals surface area contributed by atoms with Gasteiger partial charge < -0.3 is 20.5 Å². The summed E-state index contributed by atoms with van der Waals surface area (Å²) in [5.74, 6) is 0.697. The van der Waals surface area contributed by atoms with Gasteiger partial charge in [-0.1, -0.05) is 0 Å². The van der Waals surface area contributed by atoms with E-state index in [1.807, 2.05) is 20.9 Å². The maximum Gasteiger partial charge on any atom is 0.191 e. The van der Waals surface area contributed by atoms with Crippen LogP contribution in [0.3, 0.4) is 0 Å². The van der Waals surface area contributed by atoms with Gasteiger partial charge in [-0.2, -0.15) is 5.10 Å². The van der Waals surface area contributed by atoms with Crippen LogP contribution in [0.15, 0.2) is 17.4 Å². The van der Waals surface area contributed by atoms with Crippen molar-refractivity contribution >= 4 is 5.96 Å². The first kappa shape index (κ1) is 18.4. The Kier molecular flexibility index (Phi) is 7.90. The van der Waals surface area contributed by atoms with E-state index in [1.54, 1.807) is 24.0 Å². The molecule has 0 radical (unpaired) electrons. The molecule has 0 aliphatic carbocycles. The summed E-state index contributed by atoms with van der Waals surface area (Å²) >= 11 is 0. The molecular formula is C15H29N5O2. The topological polar surface area (TPSA) is 83.7 Å². The summed E-state index contributed by atoms with van der Waals surface area (Å²) in [5, 5.41) is 21.0. The molecule has 0 bridgehead atoms. The van der Waals surface area contributed by atoms with E-state index >= 15 is 0 Å². The quantitative estimate of drug-likeness (QED) is 0.353. The molecule has 1 unspecified atom stereocenters. The molecule has 22 heavy (non-hydrogen) atoms. The van der Waals surface area contributed by atoms with Crippen molar-refractivity contribution in [2.45, 2.75) is 32.8 Å². The lowest BCUT2D eigenvalue weighted by atomic mass is 10.0. The molecule has 0 fully saturated rings. The summed E-state index contributed by atoms with van der Waals surface area (Å²) in [6.45, 7) is 9.02. The van der Waals surface area contributed by atoms with Crippen LogP contribution in [0.2, 0.25) is 0 Å². The third-order valence-corrected chi connectivity index (χ3v) is 3.18. The van der Waals surface area contributed by atoms with E-state index in [0.717, 1.165) is 38.3 Å². The molecule has 0 saturated carbocycles. The Bertz CT molecular complexity index is 457. The Morgan fingerprint density at radius 3 is 2.82 bits per heavy atom. The van der Waals surface area contributed by atoms with Crippen LogP contribution in [0.1, 0.15) is 32.8 Å². The Morgan fingerprint density at radius 2 is 2.23 bits per heavy atom. The summed E-state index contributed by atoms with van der Waals surface area (Å²) < 4.78 is 6.97. The summed E-state index contributed by atoms with van der Waals surface area (Å²) in [6.07, 6.45) is 4.38. The highest BCUT2D eigenvalue weighted by Gasteiger charge is 2.24. The first-order valence-electron chi connectivity index (χ1n) is 7.81. The summed E-state index contributed by atoms with van der Waals surface area (Å²) in [5.41, 5.74) is -0.284. The predicted octanol–water partition coefficient (Wildman–Crippen LogP) is 0.609. The fraction of sp³-hybridized carbons (Fsp3) is 0.733. The second kappa shape index (κ2) is 9.42. The second-order valence-electron chi connectivity index (χ2n) is 5.35. The molecule has 0 aliphatic heterocycles. The number of nitrogens with zero attached hydrogens (tertiary/aromatic N) is 3. The van der Waals surface area contributed by atoms with Crippen molar-refractivity contribution in [1.82, 2.24) is 20.4 Å². The van der Waals surface area contributed by atoms with Gasteiger partial charge in [-0.05, 0) is 27.2 Å². The minimum atomic E-state index is -1.04. The van der Waals surface area contributed by atoms with Gasteiger partial charge in [-0.15, -0.1) is 0 Å². The zero-order chi connectivity index (χ0) is 16.4. The Hall–Kier alpha value is -1.60. The van der Waals surface area contributed by atoms with E-state index < -0.39 is 5.60 Å². The lowest BCUT2D eigenvalue weighted by molar-refractivity contribution is 0.0671. The molecule has 1 atom stereocenters. The van der Waals surface area contributed by atoms with Crippen molar-refractivity contribution < 1.29 is 9.84 Å². The number of aliphatic imine (C=N–C) groups is 1. The van der Waals surface area contributed by atoms with Crippen molar-refractivity contribution in [3.8, 4) is 0 Å². The lowest BCUT2D eigenvalue weighted by Crippen LogP contribution is -2.39. The van der Waals surface area contributed by atoms with Gasteiger partial charge in [0.15, 0.2) is 5.96 Å². The van der Waals surface area contributed by atoms with Crippen molar-refractivity contribution in [1.29, 1.82) is 0 Å². The summed E-state index contributed by atoms with van der Waals surface area (Å²) in [7, 11) is 1.83. The third kappa shape index (κ3) is 6.44. The average Bonchev–Trinajstić information content (AvgIpc) is 2.92. The maximum absolute atomic E-state index is 10.5. The van der Waals surface area contributed by atoms with Crippen LogP contribution in [0.5, 0.6) is 0 Å². The number of aromatic nitrogens is 2. The highest BCUT2D eigenvalue weighted by Crippen LogP contribution is 2.19. The molecule has 1 aromatic rings. The van der Waals surface area contributed by atoms with Gasteiger partial charge in [0.25, 0.3) is 0 Å². The molecule has 126 valence electrons. The number of ether oxygens (including phenoxy) is 1. The predicted molar refractivity (Wildman–Crippen MR) is 87.9 cm³/mol. The van der Waals surface area contributed by atoms with Gasteiger partial charge in [0.1, 0.15) is 5.60 Å². The standard InChI is InChI=1S/C15H29N5O2/c1-5-16-14(17-8-7-9-22-6-2)18-12-15(3,21)13-10-19-20(4)11-13/h10-11,21H,5-9,12H2,1-4H3,(H2,16,17,18). The highest BCUT2D eigenvalue weighted by atomic mass is 16.5. The van der Waals surface area contributed by atoms with E-state index in [2.05, 4.69) is 20.7 Å². The Balaban J connectivity index is 2.53. The lowest BCUT2D eigenvalue weighted by Gasteiger charge is -2.20. The largest absolute Gasteiger partial charge is 0.383 e. The van der Waals surface area contributed by atoms with E-state index in [4.69, 9.17) is 4.74 Å². The zero-order valence-corrected chi connectivity index (χ0v) is 14.1. The number of rotatable bonds is 9. The number of nitrogens with one attached hydrogen (secondary N) is 2. The van der Waals surface area contributed by atoms with E-state index in [-0.39, 0.29) is 6.54 Å². The number of aryl methyl sites for hydroxylation is 1. The molecule has 7 heteroatoms. The smallest absolute Gasteiger partial charge is 0.191 e. The third-order valence-electron chi connectivity index (χ3n) is 3.18. The molecular weight excluding hydrogens is 282 g/mol.